The largest absolute Gasteiger partial charge is 0.437 e. The molecule has 0 aliphatic carbocycles. The van der Waals surface area contributed by atoms with Gasteiger partial charge in [0, 0.05) is 0 Å². The Bertz CT molecular complexity index is 573. The lowest BCUT2D eigenvalue weighted by Gasteiger charge is -2.14. The Morgan fingerprint density at radius 3 is 2.26 bits per heavy atom. The molecular formula is C13H14F3N3. The highest BCUT2D eigenvalue weighted by Crippen LogP contribution is 2.35. The van der Waals surface area contributed by atoms with Crippen LogP contribution in [0.25, 0.3) is 0 Å². The van der Waals surface area contributed by atoms with Gasteiger partial charge in [0.1, 0.15) is 0 Å². The fourth-order valence-corrected chi connectivity index (χ4v) is 1.99. The Morgan fingerprint density at radius 1 is 1.21 bits per heavy atom. The molecule has 19 heavy (non-hydrogen) atoms. The predicted octanol–water partition coefficient (Wildman–Crippen LogP) is 3.40. The van der Waals surface area contributed by atoms with Gasteiger partial charge >= 0.3 is 6.18 Å². The molecule has 0 saturated heterocycles. The van der Waals surface area contributed by atoms with Gasteiger partial charge in [0.25, 0.3) is 0 Å². The number of halogens is 3. The standard InChI is InChI=1S/C13H14F3N3/c1-8(10-6-4-3-5-7-10)19-9(2)11(17)12(18-19)13(14,15)16/h3-8H,17H2,1-2H3/t8-/m1/s1. The quantitative estimate of drug-likeness (QED) is 0.908. The Morgan fingerprint density at radius 2 is 1.79 bits per heavy atom. The Balaban J connectivity index is 2.47. The first kappa shape index (κ1) is 13.5. The van der Waals surface area contributed by atoms with E-state index in [4.69, 9.17) is 5.73 Å². The monoisotopic (exact) mass is 269 g/mol. The molecule has 0 unspecified atom stereocenters. The van der Waals surface area contributed by atoms with Crippen LogP contribution < -0.4 is 5.73 Å². The number of hydrogen-bond donors (Lipinski definition) is 1. The molecule has 0 aliphatic heterocycles. The van der Waals surface area contributed by atoms with Crippen LogP contribution in [-0.4, -0.2) is 9.78 Å². The lowest BCUT2D eigenvalue weighted by Crippen LogP contribution is -2.12. The number of nitrogens with two attached hydrogens (primary N) is 1. The SMILES string of the molecule is Cc1c(N)c(C(F)(F)F)nn1[C@H](C)c1ccccc1. The summed E-state index contributed by atoms with van der Waals surface area (Å²) in [6.45, 7) is 3.33. The summed E-state index contributed by atoms with van der Waals surface area (Å²) < 4.78 is 39.6. The maximum absolute atomic E-state index is 12.8. The molecule has 3 nitrogen and oxygen atoms in total. The summed E-state index contributed by atoms with van der Waals surface area (Å²) in [5.74, 6) is 0. The molecule has 0 radical (unpaired) electrons. The minimum atomic E-state index is -4.53. The second-order valence-corrected chi connectivity index (χ2v) is 4.38. The van der Waals surface area contributed by atoms with Crippen LogP contribution in [-0.2, 0) is 6.18 Å². The van der Waals surface area contributed by atoms with Crippen molar-refractivity contribution in [3.05, 3.63) is 47.3 Å². The molecule has 1 heterocycles. The van der Waals surface area contributed by atoms with E-state index in [-0.39, 0.29) is 11.7 Å². The van der Waals surface area contributed by atoms with E-state index in [9.17, 15) is 13.2 Å². The summed E-state index contributed by atoms with van der Waals surface area (Å²) in [7, 11) is 0. The fourth-order valence-electron chi connectivity index (χ4n) is 1.99. The van der Waals surface area contributed by atoms with Crippen molar-refractivity contribution < 1.29 is 13.2 Å². The zero-order valence-electron chi connectivity index (χ0n) is 10.6. The molecule has 2 aromatic rings. The zero-order chi connectivity index (χ0) is 14.2. The molecule has 6 heteroatoms. The maximum atomic E-state index is 12.8. The van der Waals surface area contributed by atoms with Crippen LogP contribution in [0.3, 0.4) is 0 Å². The molecule has 2 rings (SSSR count). The predicted molar refractivity (Wildman–Crippen MR) is 66.6 cm³/mol. The Hall–Kier alpha value is -1.98. The first-order valence-corrected chi connectivity index (χ1v) is 5.79. The number of alkyl halides is 3. The summed E-state index contributed by atoms with van der Waals surface area (Å²) in [5, 5.41) is 3.62. The van der Waals surface area contributed by atoms with Gasteiger partial charge in [-0.05, 0) is 19.4 Å². The number of aromatic nitrogens is 2. The molecule has 0 saturated carbocycles. The van der Waals surface area contributed by atoms with E-state index >= 15 is 0 Å². The van der Waals surface area contributed by atoms with E-state index in [0.29, 0.717) is 5.69 Å². The number of rotatable bonds is 2. The number of anilines is 1. The molecule has 1 aromatic carbocycles. The van der Waals surface area contributed by atoms with E-state index < -0.39 is 11.9 Å². The molecule has 1 aromatic heterocycles. The van der Waals surface area contributed by atoms with Crippen LogP contribution in [0.2, 0.25) is 0 Å². The topological polar surface area (TPSA) is 43.8 Å². The zero-order valence-corrected chi connectivity index (χ0v) is 10.6. The third-order valence-corrected chi connectivity index (χ3v) is 3.11. The highest BCUT2D eigenvalue weighted by molar-refractivity contribution is 5.49. The van der Waals surface area contributed by atoms with E-state index in [1.165, 1.54) is 11.6 Å². The van der Waals surface area contributed by atoms with Gasteiger partial charge in [-0.15, -0.1) is 0 Å². The average Bonchev–Trinajstić information content (AvgIpc) is 2.66. The van der Waals surface area contributed by atoms with Crippen molar-refractivity contribution >= 4 is 5.69 Å². The second kappa shape index (κ2) is 4.60. The third kappa shape index (κ3) is 2.43. The van der Waals surface area contributed by atoms with Gasteiger partial charge < -0.3 is 5.73 Å². The lowest BCUT2D eigenvalue weighted by molar-refractivity contribution is -0.140. The maximum Gasteiger partial charge on any atom is 0.437 e. The summed E-state index contributed by atoms with van der Waals surface area (Å²) in [6, 6.07) is 8.89. The molecule has 0 bridgehead atoms. The Labute approximate surface area is 108 Å². The summed E-state index contributed by atoms with van der Waals surface area (Å²) >= 11 is 0. The summed E-state index contributed by atoms with van der Waals surface area (Å²) in [6.07, 6.45) is -4.53. The van der Waals surface area contributed by atoms with Crippen molar-refractivity contribution in [2.75, 3.05) is 5.73 Å². The van der Waals surface area contributed by atoms with Gasteiger partial charge in [-0.25, -0.2) is 0 Å². The average molecular weight is 269 g/mol. The fraction of sp³-hybridized carbons (Fsp3) is 0.308. The van der Waals surface area contributed by atoms with Gasteiger partial charge in [-0.2, -0.15) is 18.3 Å². The van der Waals surface area contributed by atoms with E-state index in [1.807, 2.05) is 30.3 Å². The van der Waals surface area contributed by atoms with Gasteiger partial charge in [-0.3, -0.25) is 4.68 Å². The number of benzene rings is 1. The van der Waals surface area contributed by atoms with Crippen molar-refractivity contribution in [1.29, 1.82) is 0 Å². The van der Waals surface area contributed by atoms with Crippen LogP contribution in [0.4, 0.5) is 18.9 Å². The van der Waals surface area contributed by atoms with Crippen LogP contribution in [0.1, 0.15) is 29.9 Å². The van der Waals surface area contributed by atoms with Crippen LogP contribution in [0.5, 0.6) is 0 Å². The van der Waals surface area contributed by atoms with E-state index in [2.05, 4.69) is 5.10 Å². The highest BCUT2D eigenvalue weighted by atomic mass is 19.4. The van der Waals surface area contributed by atoms with E-state index in [0.717, 1.165) is 5.56 Å². The molecule has 1 atom stereocenters. The van der Waals surface area contributed by atoms with Gasteiger partial charge in [0.05, 0.1) is 17.4 Å². The highest BCUT2D eigenvalue weighted by Gasteiger charge is 2.38. The molecule has 0 amide bonds. The lowest BCUT2D eigenvalue weighted by atomic mass is 10.1. The van der Waals surface area contributed by atoms with Crippen molar-refractivity contribution in [2.24, 2.45) is 0 Å². The van der Waals surface area contributed by atoms with E-state index in [1.54, 1.807) is 6.92 Å². The minimum Gasteiger partial charge on any atom is -0.395 e. The summed E-state index contributed by atoms with van der Waals surface area (Å²) in [4.78, 5) is 0. The van der Waals surface area contributed by atoms with Gasteiger partial charge in [0.2, 0.25) is 0 Å². The van der Waals surface area contributed by atoms with Crippen molar-refractivity contribution in [1.82, 2.24) is 9.78 Å². The summed E-state index contributed by atoms with van der Waals surface area (Å²) in [5.41, 5.74) is 5.37. The van der Waals surface area contributed by atoms with Crippen molar-refractivity contribution in [3.8, 4) is 0 Å². The molecule has 0 aliphatic rings. The van der Waals surface area contributed by atoms with Crippen molar-refractivity contribution in [3.63, 3.8) is 0 Å². The van der Waals surface area contributed by atoms with Gasteiger partial charge in [-0.1, -0.05) is 30.3 Å². The number of nitrogens with zero attached hydrogens (tertiary/aromatic N) is 2. The smallest absolute Gasteiger partial charge is 0.395 e. The van der Waals surface area contributed by atoms with Crippen LogP contribution in [0, 0.1) is 6.92 Å². The molecular weight excluding hydrogens is 255 g/mol. The normalized spacial score (nSPS) is 13.5. The number of nitrogen functional groups attached to an aromatic ring is 1. The Kier molecular flexibility index (Phi) is 3.26. The first-order valence-electron chi connectivity index (χ1n) is 5.79. The second-order valence-electron chi connectivity index (χ2n) is 4.38. The first-order chi connectivity index (χ1) is 8.82. The molecule has 102 valence electrons. The minimum absolute atomic E-state index is 0.306. The molecule has 2 N–H and O–H groups in total. The van der Waals surface area contributed by atoms with Gasteiger partial charge in [0.15, 0.2) is 5.69 Å². The van der Waals surface area contributed by atoms with Crippen LogP contribution >= 0.6 is 0 Å². The molecule has 0 spiro atoms. The van der Waals surface area contributed by atoms with Crippen LogP contribution in [0.15, 0.2) is 30.3 Å². The van der Waals surface area contributed by atoms with Crippen molar-refractivity contribution in [2.45, 2.75) is 26.1 Å². The third-order valence-electron chi connectivity index (χ3n) is 3.11. The molecule has 0 fully saturated rings. The number of hydrogen-bond acceptors (Lipinski definition) is 2.